The van der Waals surface area contributed by atoms with E-state index in [1.165, 1.54) is 19.3 Å². The number of rotatable bonds is 6. The van der Waals surface area contributed by atoms with Crippen molar-refractivity contribution in [2.75, 3.05) is 46.0 Å². The highest BCUT2D eigenvalue weighted by Crippen LogP contribution is 2.38. The summed E-state index contributed by atoms with van der Waals surface area (Å²) in [6.45, 7) is 3.64. The van der Waals surface area contributed by atoms with E-state index < -0.39 is 9.84 Å². The Morgan fingerprint density at radius 2 is 1.97 bits per heavy atom. The van der Waals surface area contributed by atoms with Crippen LogP contribution in [0.1, 0.15) is 10.4 Å². The number of piperazine rings is 1. The van der Waals surface area contributed by atoms with Crippen molar-refractivity contribution in [3.63, 3.8) is 0 Å². The molecule has 0 unspecified atom stereocenters. The lowest BCUT2D eigenvalue weighted by Gasteiger charge is -2.31. The van der Waals surface area contributed by atoms with E-state index >= 15 is 0 Å². The van der Waals surface area contributed by atoms with E-state index in [1.54, 1.807) is 24.3 Å². The van der Waals surface area contributed by atoms with Crippen molar-refractivity contribution < 1.29 is 18.3 Å². The molecule has 1 aliphatic rings. The monoisotopic (exact) mass is 583 g/mol. The number of likely N-dealkylation sites (N-methyl/N-ethyl adjacent to an activating group) is 1. The van der Waals surface area contributed by atoms with Crippen molar-refractivity contribution in [1.82, 2.24) is 25.1 Å². The molecule has 3 aromatic rings. The van der Waals surface area contributed by atoms with Gasteiger partial charge in [0, 0.05) is 49.3 Å². The van der Waals surface area contributed by atoms with Crippen LogP contribution in [0.2, 0.25) is 0 Å². The summed E-state index contributed by atoms with van der Waals surface area (Å²) in [5, 5.41) is 13.7. The Morgan fingerprint density at radius 1 is 1.26 bits per heavy atom. The first-order valence-electron chi connectivity index (χ1n) is 10.7. The summed E-state index contributed by atoms with van der Waals surface area (Å²) in [6, 6.07) is 6.40. The summed E-state index contributed by atoms with van der Waals surface area (Å²) < 4.78 is 26.1. The highest BCUT2D eigenvalue weighted by atomic mass is 79.9. The fraction of sp³-hybridized carbons (Fsp3) is 0.304. The van der Waals surface area contributed by atoms with Crippen molar-refractivity contribution >= 4 is 55.0 Å². The maximum absolute atomic E-state index is 12.8. The minimum Gasteiger partial charge on any atom is -0.494 e. The van der Waals surface area contributed by atoms with Crippen LogP contribution in [0.4, 0.5) is 0 Å². The van der Waals surface area contributed by atoms with Crippen LogP contribution < -0.4 is 5.32 Å². The van der Waals surface area contributed by atoms with Crippen LogP contribution in [0.15, 0.2) is 52.1 Å². The van der Waals surface area contributed by atoms with Crippen molar-refractivity contribution in [2.24, 2.45) is 0 Å². The predicted molar refractivity (Wildman–Crippen MR) is 142 cm³/mol. The van der Waals surface area contributed by atoms with Crippen LogP contribution in [-0.4, -0.2) is 85.2 Å². The molecule has 1 aromatic carbocycles. The Kier molecular flexibility index (Phi) is 8.47. The molecule has 188 valence electrons. The standard InChI is InChI=1S/C23H26BrN5O4S.ClH/c1-25-22(30)16-12-17-20(13-18(16)24)27-23(31)21(17)19-5-4-15(14-26-19)34(32,33)11-3-6-29-9-7-28(2)8-10-29;/h3-6,12-14,27,31H,7-11H2,1-2H3,(H,25,30);1H. The Balaban J connectivity index is 0.00000342. The van der Waals surface area contributed by atoms with Gasteiger partial charge in [0.15, 0.2) is 15.7 Å². The van der Waals surface area contributed by atoms with Crippen molar-refractivity contribution in [1.29, 1.82) is 0 Å². The van der Waals surface area contributed by atoms with E-state index in [2.05, 4.69) is 48.1 Å². The number of sulfone groups is 1. The minimum atomic E-state index is -3.55. The summed E-state index contributed by atoms with van der Waals surface area (Å²) in [5.74, 6) is -0.518. The van der Waals surface area contributed by atoms with Gasteiger partial charge in [-0.15, -0.1) is 12.4 Å². The number of H-pyrrole nitrogens is 1. The first-order chi connectivity index (χ1) is 16.2. The number of pyridine rings is 1. The van der Waals surface area contributed by atoms with Gasteiger partial charge in [-0.25, -0.2) is 8.42 Å². The molecule has 0 spiro atoms. The molecule has 0 bridgehead atoms. The molecule has 0 radical (unpaired) electrons. The summed E-state index contributed by atoms with van der Waals surface area (Å²) >= 11 is 3.37. The molecule has 3 heterocycles. The second kappa shape index (κ2) is 11.0. The lowest BCUT2D eigenvalue weighted by Crippen LogP contribution is -2.41. The number of aromatic nitrogens is 2. The zero-order valence-electron chi connectivity index (χ0n) is 19.3. The molecule has 0 aliphatic carbocycles. The normalized spacial score (nSPS) is 14.9. The molecular formula is C23H27BrClN5O4S. The average Bonchev–Trinajstić information content (AvgIpc) is 3.13. The van der Waals surface area contributed by atoms with Crippen LogP contribution in [0, 0.1) is 0 Å². The van der Waals surface area contributed by atoms with Gasteiger partial charge in [0.25, 0.3) is 5.91 Å². The first-order valence-corrected chi connectivity index (χ1v) is 13.2. The fourth-order valence-corrected chi connectivity index (χ4v) is 5.41. The zero-order chi connectivity index (χ0) is 24.5. The maximum atomic E-state index is 12.8. The summed E-state index contributed by atoms with van der Waals surface area (Å²) in [6.07, 6.45) is 4.81. The Bertz CT molecular complexity index is 1350. The molecule has 1 aliphatic heterocycles. The number of nitrogens with zero attached hydrogens (tertiary/aromatic N) is 3. The number of halogens is 2. The van der Waals surface area contributed by atoms with Crippen LogP contribution in [-0.2, 0) is 9.84 Å². The third kappa shape index (κ3) is 5.80. The van der Waals surface area contributed by atoms with E-state index in [-0.39, 0.29) is 34.8 Å². The van der Waals surface area contributed by atoms with Gasteiger partial charge in [0.05, 0.1) is 33.0 Å². The molecule has 9 nitrogen and oxygen atoms in total. The Morgan fingerprint density at radius 3 is 2.60 bits per heavy atom. The number of amides is 1. The third-order valence-corrected chi connectivity index (χ3v) is 8.11. The van der Waals surface area contributed by atoms with Crippen LogP contribution in [0.5, 0.6) is 5.88 Å². The van der Waals surface area contributed by atoms with E-state index in [1.807, 2.05) is 6.20 Å². The minimum absolute atomic E-state index is 0. The average molecular weight is 585 g/mol. The molecule has 3 N–H and O–H groups in total. The molecule has 2 aromatic heterocycles. The Hall–Kier alpha value is -2.60. The molecule has 0 atom stereocenters. The second-order valence-electron chi connectivity index (χ2n) is 8.19. The van der Waals surface area contributed by atoms with Crippen LogP contribution >= 0.6 is 28.3 Å². The molecule has 4 rings (SSSR count). The highest BCUT2D eigenvalue weighted by Gasteiger charge is 2.20. The van der Waals surface area contributed by atoms with Gasteiger partial charge < -0.3 is 25.2 Å². The Labute approximate surface area is 218 Å². The van der Waals surface area contributed by atoms with Crippen LogP contribution in [0.25, 0.3) is 22.2 Å². The second-order valence-corrected chi connectivity index (χ2v) is 11.1. The number of hydrogen-bond donors (Lipinski definition) is 3. The van der Waals surface area contributed by atoms with E-state index in [0.717, 1.165) is 26.2 Å². The summed E-state index contributed by atoms with van der Waals surface area (Å²) in [7, 11) is 0.0518. The molecule has 1 amide bonds. The highest BCUT2D eigenvalue weighted by molar-refractivity contribution is 9.10. The largest absolute Gasteiger partial charge is 0.494 e. The van der Waals surface area contributed by atoms with Crippen molar-refractivity contribution in [3.05, 3.63) is 52.8 Å². The number of benzene rings is 1. The molecule has 0 saturated carbocycles. The topological polar surface area (TPSA) is 119 Å². The smallest absolute Gasteiger partial charge is 0.252 e. The SMILES string of the molecule is CNC(=O)c1cc2c(-c3ccc(S(=O)(=O)CC=CN4CCN(C)CC4)cn3)c(O)[nH]c2cc1Br.Cl. The maximum Gasteiger partial charge on any atom is 0.252 e. The number of fused-ring (bicyclic) bond motifs is 1. The van der Waals surface area contributed by atoms with Gasteiger partial charge >= 0.3 is 0 Å². The van der Waals surface area contributed by atoms with Crippen LogP contribution in [0.3, 0.4) is 0 Å². The number of carbonyl (C=O) groups is 1. The quantitative estimate of drug-likeness (QED) is 0.408. The zero-order valence-corrected chi connectivity index (χ0v) is 22.5. The van der Waals surface area contributed by atoms with Crippen molar-refractivity contribution in [2.45, 2.75) is 4.90 Å². The van der Waals surface area contributed by atoms with Gasteiger partial charge in [0.2, 0.25) is 0 Å². The third-order valence-electron chi connectivity index (χ3n) is 5.86. The first kappa shape index (κ1) is 27.0. The number of aromatic amines is 1. The lowest BCUT2D eigenvalue weighted by molar-refractivity contribution is 0.0962. The van der Waals surface area contributed by atoms with E-state index in [4.69, 9.17) is 0 Å². The number of aromatic hydroxyl groups is 1. The molecular weight excluding hydrogens is 558 g/mol. The number of carbonyl (C=O) groups excluding carboxylic acids is 1. The van der Waals surface area contributed by atoms with Gasteiger partial charge in [-0.05, 0) is 53.4 Å². The molecule has 1 fully saturated rings. The van der Waals surface area contributed by atoms with Gasteiger partial charge in [0.1, 0.15) is 0 Å². The lowest BCUT2D eigenvalue weighted by atomic mass is 10.1. The number of hydrogen-bond acceptors (Lipinski definition) is 7. The molecule has 1 saturated heterocycles. The summed E-state index contributed by atoms with van der Waals surface area (Å²) in [5.41, 5.74) is 1.80. The number of nitrogens with one attached hydrogen (secondary N) is 2. The van der Waals surface area contributed by atoms with Gasteiger partial charge in [-0.2, -0.15) is 0 Å². The van der Waals surface area contributed by atoms with Gasteiger partial charge in [-0.3, -0.25) is 9.78 Å². The molecule has 35 heavy (non-hydrogen) atoms. The fourth-order valence-electron chi connectivity index (χ4n) is 3.87. The van der Waals surface area contributed by atoms with E-state index in [9.17, 15) is 18.3 Å². The predicted octanol–water partition coefficient (Wildman–Crippen LogP) is 3.01. The van der Waals surface area contributed by atoms with Gasteiger partial charge in [-0.1, -0.05) is 6.08 Å². The summed E-state index contributed by atoms with van der Waals surface area (Å²) in [4.78, 5) is 23.8. The molecule has 12 heteroatoms. The van der Waals surface area contributed by atoms with E-state index in [0.29, 0.717) is 32.2 Å². The van der Waals surface area contributed by atoms with Crippen molar-refractivity contribution in [3.8, 4) is 17.1 Å².